The van der Waals surface area contributed by atoms with Crippen LogP contribution in [0, 0.1) is 5.82 Å². The van der Waals surface area contributed by atoms with Crippen LogP contribution in [0.25, 0.3) is 5.57 Å². The molecule has 124 valence electrons. The Morgan fingerprint density at radius 3 is 2.79 bits per heavy atom. The summed E-state index contributed by atoms with van der Waals surface area (Å²) in [6, 6.07) is 9.95. The first-order valence-electron chi connectivity index (χ1n) is 7.40. The first-order valence-corrected chi connectivity index (χ1v) is 7.40. The van der Waals surface area contributed by atoms with E-state index >= 15 is 0 Å². The molecule has 0 bridgehead atoms. The average molecular weight is 327 g/mol. The molecule has 0 fully saturated rings. The van der Waals surface area contributed by atoms with Gasteiger partial charge in [0.25, 0.3) is 0 Å². The number of nitrogens with zero attached hydrogens (tertiary/aromatic N) is 1. The summed E-state index contributed by atoms with van der Waals surface area (Å²) in [4.78, 5) is 14.8. The Kier molecular flexibility index (Phi) is 5.84. The van der Waals surface area contributed by atoms with Crippen molar-refractivity contribution in [3.05, 3.63) is 78.3 Å². The molecule has 24 heavy (non-hydrogen) atoms. The molecule has 0 aliphatic heterocycles. The highest BCUT2D eigenvalue weighted by molar-refractivity contribution is 5.68. The van der Waals surface area contributed by atoms with Crippen molar-refractivity contribution in [2.24, 2.45) is 0 Å². The molecule has 0 radical (unpaired) electrons. The molecule has 0 amide bonds. The number of aryl methyl sites for hydroxylation is 1. The second kappa shape index (κ2) is 8.06. The quantitative estimate of drug-likeness (QED) is 0.744. The van der Waals surface area contributed by atoms with Gasteiger partial charge in [-0.25, -0.2) is 9.37 Å². The number of rotatable bonds is 8. The van der Waals surface area contributed by atoms with Gasteiger partial charge < -0.3 is 9.84 Å². The Hall–Kier alpha value is -2.95. The van der Waals surface area contributed by atoms with Crippen molar-refractivity contribution in [3.63, 3.8) is 0 Å². The lowest BCUT2D eigenvalue weighted by Gasteiger charge is -2.09. The third-order valence-corrected chi connectivity index (χ3v) is 3.41. The van der Waals surface area contributed by atoms with E-state index in [2.05, 4.69) is 18.1 Å². The fourth-order valence-electron chi connectivity index (χ4n) is 2.06. The van der Waals surface area contributed by atoms with Crippen molar-refractivity contribution in [3.8, 4) is 5.88 Å². The summed E-state index contributed by atoms with van der Waals surface area (Å²) in [6.45, 7) is 7.63. The minimum absolute atomic E-state index is 0.101. The minimum Gasteiger partial charge on any atom is -0.481 e. The number of ether oxygens (including phenoxy) is 1. The van der Waals surface area contributed by atoms with Crippen LogP contribution in [-0.4, -0.2) is 16.1 Å². The van der Waals surface area contributed by atoms with Gasteiger partial charge in [0, 0.05) is 12.5 Å². The lowest BCUT2D eigenvalue weighted by Crippen LogP contribution is -2.02. The van der Waals surface area contributed by atoms with E-state index in [4.69, 9.17) is 9.84 Å². The number of carbonyl (C=O) groups is 1. The van der Waals surface area contributed by atoms with Gasteiger partial charge in [0.05, 0.1) is 5.69 Å². The average Bonchev–Trinajstić information content (AvgIpc) is 2.58. The number of hydrogen-bond acceptors (Lipinski definition) is 3. The van der Waals surface area contributed by atoms with Crippen molar-refractivity contribution in [2.75, 3.05) is 0 Å². The van der Waals surface area contributed by atoms with Gasteiger partial charge in [0.2, 0.25) is 5.88 Å². The molecule has 1 aromatic carbocycles. The topological polar surface area (TPSA) is 59.4 Å². The predicted octanol–water partition coefficient (Wildman–Crippen LogP) is 4.02. The molecule has 0 atom stereocenters. The second-order valence-corrected chi connectivity index (χ2v) is 5.20. The first-order chi connectivity index (χ1) is 11.5. The number of carboxylic acid groups (broad SMARTS) is 1. The monoisotopic (exact) mass is 327 g/mol. The summed E-state index contributed by atoms with van der Waals surface area (Å²) in [7, 11) is 0. The maximum absolute atomic E-state index is 14.0. The van der Waals surface area contributed by atoms with E-state index in [0.29, 0.717) is 28.3 Å². The second-order valence-electron chi connectivity index (χ2n) is 5.20. The molecular formula is C19H18FNO3. The highest BCUT2D eigenvalue weighted by Gasteiger charge is 2.07. The summed E-state index contributed by atoms with van der Waals surface area (Å²) in [5, 5.41) is 8.65. The summed E-state index contributed by atoms with van der Waals surface area (Å²) in [5.74, 6) is -0.973. The zero-order valence-corrected chi connectivity index (χ0v) is 13.2. The number of allylic oxidation sites excluding steroid dienone is 2. The van der Waals surface area contributed by atoms with Crippen LogP contribution in [-0.2, 0) is 17.8 Å². The fraction of sp³-hybridized carbons (Fsp3) is 0.158. The Bertz CT molecular complexity index is 771. The van der Waals surface area contributed by atoms with Gasteiger partial charge >= 0.3 is 5.97 Å². The smallest absolute Gasteiger partial charge is 0.303 e. The molecule has 0 aliphatic rings. The molecule has 1 aromatic heterocycles. The molecule has 2 rings (SSSR count). The van der Waals surface area contributed by atoms with Crippen LogP contribution in [0.3, 0.4) is 0 Å². The van der Waals surface area contributed by atoms with Crippen molar-refractivity contribution >= 4 is 11.5 Å². The third kappa shape index (κ3) is 4.78. The van der Waals surface area contributed by atoms with E-state index in [9.17, 15) is 9.18 Å². The van der Waals surface area contributed by atoms with Gasteiger partial charge in [-0.2, -0.15) is 0 Å². The lowest BCUT2D eigenvalue weighted by atomic mass is 10.1. The third-order valence-electron chi connectivity index (χ3n) is 3.41. The lowest BCUT2D eigenvalue weighted by molar-refractivity contribution is -0.136. The summed E-state index contributed by atoms with van der Waals surface area (Å²) < 4.78 is 19.5. The number of benzene rings is 1. The van der Waals surface area contributed by atoms with Crippen molar-refractivity contribution in [1.29, 1.82) is 0 Å². The molecule has 1 heterocycles. The number of pyridine rings is 1. The normalized spacial score (nSPS) is 10.2. The summed E-state index contributed by atoms with van der Waals surface area (Å²) in [5.41, 5.74) is 2.37. The first kappa shape index (κ1) is 17.4. The van der Waals surface area contributed by atoms with Gasteiger partial charge in [0.1, 0.15) is 12.4 Å². The molecule has 1 N–H and O–H groups in total. The number of aromatic nitrogens is 1. The minimum atomic E-state index is -0.950. The van der Waals surface area contributed by atoms with Crippen LogP contribution in [0.4, 0.5) is 4.39 Å². The largest absolute Gasteiger partial charge is 0.481 e. The molecule has 0 saturated heterocycles. The predicted molar refractivity (Wildman–Crippen MR) is 90.2 cm³/mol. The van der Waals surface area contributed by atoms with Gasteiger partial charge in [-0.05, 0) is 35.3 Å². The van der Waals surface area contributed by atoms with Gasteiger partial charge in [-0.3, -0.25) is 4.79 Å². The number of halogens is 1. The SMILES string of the molecule is C=CC(=C)c1cccc(OCc2ccc(CCC(=O)O)c(F)c2)n1. The van der Waals surface area contributed by atoms with E-state index < -0.39 is 11.8 Å². The fourth-order valence-corrected chi connectivity index (χ4v) is 2.06. The standard InChI is InChI=1S/C19H18FNO3/c1-3-13(2)17-5-4-6-18(21-17)24-12-14-7-8-15(16(20)11-14)9-10-19(22)23/h3-8,11H,1-2,9-10,12H2,(H,22,23). The van der Waals surface area contributed by atoms with E-state index in [1.807, 2.05) is 0 Å². The maximum atomic E-state index is 14.0. The Morgan fingerprint density at radius 2 is 2.12 bits per heavy atom. The zero-order chi connectivity index (χ0) is 17.5. The van der Waals surface area contributed by atoms with Gasteiger partial charge in [-0.15, -0.1) is 0 Å². The Labute approximate surface area is 139 Å². The van der Waals surface area contributed by atoms with Crippen molar-refractivity contribution in [2.45, 2.75) is 19.4 Å². The van der Waals surface area contributed by atoms with Crippen LogP contribution >= 0.6 is 0 Å². The van der Waals surface area contributed by atoms with E-state index in [-0.39, 0.29) is 19.4 Å². The van der Waals surface area contributed by atoms with Crippen molar-refractivity contribution < 1.29 is 19.0 Å². The molecule has 0 spiro atoms. The molecule has 2 aromatic rings. The maximum Gasteiger partial charge on any atom is 0.303 e. The van der Waals surface area contributed by atoms with Crippen LogP contribution in [0.5, 0.6) is 5.88 Å². The highest BCUT2D eigenvalue weighted by atomic mass is 19.1. The van der Waals surface area contributed by atoms with Crippen LogP contribution in [0.2, 0.25) is 0 Å². The van der Waals surface area contributed by atoms with Gasteiger partial charge in [-0.1, -0.05) is 37.4 Å². The molecule has 0 saturated carbocycles. The van der Waals surface area contributed by atoms with E-state index in [1.54, 1.807) is 36.4 Å². The molecular weight excluding hydrogens is 309 g/mol. The van der Waals surface area contributed by atoms with E-state index in [1.165, 1.54) is 6.07 Å². The Balaban J connectivity index is 2.02. The summed E-state index contributed by atoms with van der Waals surface area (Å²) in [6.07, 6.45) is 1.67. The Morgan fingerprint density at radius 1 is 1.33 bits per heavy atom. The number of hydrogen-bond donors (Lipinski definition) is 1. The molecule has 0 unspecified atom stereocenters. The molecule has 0 aliphatic carbocycles. The van der Waals surface area contributed by atoms with Crippen LogP contribution < -0.4 is 4.74 Å². The number of carboxylic acids is 1. The highest BCUT2D eigenvalue weighted by Crippen LogP contribution is 2.17. The van der Waals surface area contributed by atoms with Crippen LogP contribution in [0.15, 0.2) is 55.6 Å². The van der Waals surface area contributed by atoms with Crippen molar-refractivity contribution in [1.82, 2.24) is 4.98 Å². The number of aliphatic carboxylic acids is 1. The summed E-state index contributed by atoms with van der Waals surface area (Å²) >= 11 is 0. The molecule has 4 nitrogen and oxygen atoms in total. The molecule has 5 heteroatoms. The van der Waals surface area contributed by atoms with E-state index in [0.717, 1.165) is 0 Å². The van der Waals surface area contributed by atoms with Gasteiger partial charge in [0.15, 0.2) is 0 Å². The zero-order valence-electron chi connectivity index (χ0n) is 13.2. The van der Waals surface area contributed by atoms with Crippen LogP contribution in [0.1, 0.15) is 23.2 Å².